The number of hydrogen-bond donors (Lipinski definition) is 0. The van der Waals surface area contributed by atoms with Crippen LogP contribution >= 0.6 is 0 Å². The van der Waals surface area contributed by atoms with E-state index in [0.717, 1.165) is 38.3 Å². The number of cyclic esters (lactones) is 1. The predicted octanol–water partition coefficient (Wildman–Crippen LogP) is 3.21. The fourth-order valence-corrected chi connectivity index (χ4v) is 7.77. The number of aryl methyl sites for hydroxylation is 1. The molecule has 3 fully saturated rings. The van der Waals surface area contributed by atoms with Crippen molar-refractivity contribution in [2.75, 3.05) is 54.5 Å². The SMILES string of the molecule is CO[C@]1(C)C[C@@H](C)CN(C)C(C2CN(Cc3ccn(C)n3)C2)COC(=O)C(C)(C)C(=O)[C@H](C)[C@H]1O[C@H]1C[C@@H](N(C)C)C[C@@H](C)O1. The van der Waals surface area contributed by atoms with Crippen LogP contribution in [0.4, 0.5) is 0 Å². The Morgan fingerprint density at radius 2 is 1.76 bits per heavy atom. The Labute approximate surface area is 270 Å². The van der Waals surface area contributed by atoms with Crippen LogP contribution in [-0.2, 0) is 42.1 Å². The van der Waals surface area contributed by atoms with Gasteiger partial charge in [-0.25, -0.2) is 0 Å². The van der Waals surface area contributed by atoms with E-state index >= 15 is 0 Å². The average Bonchev–Trinajstić information content (AvgIpc) is 3.36. The lowest BCUT2D eigenvalue weighted by molar-refractivity contribution is -0.263. The monoisotopic (exact) mass is 633 g/mol. The number of esters is 1. The summed E-state index contributed by atoms with van der Waals surface area (Å²) < 4.78 is 27.2. The Balaban J connectivity index is 1.57. The first-order valence-electron chi connectivity index (χ1n) is 16.7. The Kier molecular flexibility index (Phi) is 11.6. The molecule has 1 unspecified atom stereocenters. The highest BCUT2D eigenvalue weighted by atomic mass is 16.7. The summed E-state index contributed by atoms with van der Waals surface area (Å²) in [6, 6.07) is 2.38. The highest BCUT2D eigenvalue weighted by Crippen LogP contribution is 2.38. The molecule has 0 N–H and O–H groups in total. The second kappa shape index (κ2) is 14.5. The number of Topliss-reactive ketones (excluding diaryl/α,β-unsaturated/α-hetero) is 1. The van der Waals surface area contributed by atoms with Gasteiger partial charge in [0.2, 0.25) is 0 Å². The van der Waals surface area contributed by atoms with Crippen molar-refractivity contribution in [3.63, 3.8) is 0 Å². The van der Waals surface area contributed by atoms with Gasteiger partial charge in [0, 0.05) is 76.9 Å². The van der Waals surface area contributed by atoms with Gasteiger partial charge in [-0.2, -0.15) is 5.10 Å². The third-order valence-electron chi connectivity index (χ3n) is 10.5. The number of likely N-dealkylation sites (tertiary alicyclic amines) is 1. The Hall–Kier alpha value is -1.89. The molecule has 0 aromatic carbocycles. The molecular weight excluding hydrogens is 574 g/mol. The number of methoxy groups -OCH3 is 1. The van der Waals surface area contributed by atoms with E-state index < -0.39 is 35.3 Å². The van der Waals surface area contributed by atoms with Crippen molar-refractivity contribution >= 4 is 11.8 Å². The topological polar surface area (TPSA) is 98.6 Å². The Morgan fingerprint density at radius 1 is 1.07 bits per heavy atom. The molecule has 0 amide bonds. The Morgan fingerprint density at radius 3 is 2.36 bits per heavy atom. The molecule has 3 aliphatic rings. The van der Waals surface area contributed by atoms with Crippen molar-refractivity contribution in [3.05, 3.63) is 18.0 Å². The molecule has 3 aliphatic heterocycles. The first kappa shape index (κ1) is 36.0. The highest BCUT2D eigenvalue weighted by Gasteiger charge is 2.51. The molecule has 4 heterocycles. The number of ketones is 1. The number of rotatable bonds is 7. The second-order valence-electron chi connectivity index (χ2n) is 15.2. The molecule has 0 bridgehead atoms. The average molecular weight is 634 g/mol. The van der Waals surface area contributed by atoms with Gasteiger partial charge in [-0.1, -0.05) is 13.8 Å². The summed E-state index contributed by atoms with van der Waals surface area (Å²) >= 11 is 0. The number of aromatic nitrogens is 2. The van der Waals surface area contributed by atoms with Crippen molar-refractivity contribution in [3.8, 4) is 0 Å². The number of carbonyl (C=O) groups is 2. The van der Waals surface area contributed by atoms with Crippen molar-refractivity contribution < 1.29 is 28.5 Å². The minimum Gasteiger partial charge on any atom is -0.463 e. The van der Waals surface area contributed by atoms with E-state index in [1.54, 1.807) is 21.0 Å². The van der Waals surface area contributed by atoms with Crippen LogP contribution in [0, 0.1) is 23.2 Å². The largest absolute Gasteiger partial charge is 0.463 e. The number of nitrogens with zero attached hydrogens (tertiary/aromatic N) is 5. The predicted molar refractivity (Wildman–Crippen MR) is 172 cm³/mol. The highest BCUT2D eigenvalue weighted by molar-refractivity contribution is 6.04. The van der Waals surface area contributed by atoms with Crippen LogP contribution in [0.1, 0.15) is 66.5 Å². The van der Waals surface area contributed by atoms with Gasteiger partial charge in [-0.05, 0) is 73.7 Å². The summed E-state index contributed by atoms with van der Waals surface area (Å²) in [5.74, 6) is -0.796. The van der Waals surface area contributed by atoms with Crippen LogP contribution in [0.25, 0.3) is 0 Å². The maximum atomic E-state index is 14.2. The summed E-state index contributed by atoms with van der Waals surface area (Å²) in [6.07, 6.45) is 3.15. The number of likely N-dealkylation sites (N-methyl/N-ethyl adjacent to an activating group) is 1. The standard InChI is InChI=1S/C34H59N5O6/c1-22-16-34(6,42-11)31(45-29-15-27(36(7)8)14-23(2)44-29)24(3)30(40)33(4,5)32(41)43-21-28(37(9)17-22)25-18-39(19-25)20-26-12-13-38(10)35-26/h12-13,22-25,27-29,31H,14-21H2,1-11H3/t22-,23-,24+,27+,28?,29+,31-,34-/m1/s1. The minimum atomic E-state index is -1.35. The van der Waals surface area contributed by atoms with Gasteiger partial charge >= 0.3 is 5.97 Å². The molecule has 0 aliphatic carbocycles. The van der Waals surface area contributed by atoms with Crippen molar-refractivity contribution in [1.82, 2.24) is 24.5 Å². The van der Waals surface area contributed by atoms with Crippen LogP contribution in [0.5, 0.6) is 0 Å². The zero-order valence-electron chi connectivity index (χ0n) is 29.6. The van der Waals surface area contributed by atoms with E-state index in [2.05, 4.69) is 54.8 Å². The molecular formula is C34H59N5O6. The lowest BCUT2D eigenvalue weighted by Crippen LogP contribution is -2.58. The van der Waals surface area contributed by atoms with Gasteiger partial charge in [0.25, 0.3) is 0 Å². The third kappa shape index (κ3) is 8.34. The molecule has 11 nitrogen and oxygen atoms in total. The molecule has 256 valence electrons. The van der Waals surface area contributed by atoms with Crippen LogP contribution < -0.4 is 0 Å². The normalized spacial score (nSPS) is 36.6. The fourth-order valence-electron chi connectivity index (χ4n) is 7.77. The molecule has 0 radical (unpaired) electrons. The van der Waals surface area contributed by atoms with Crippen LogP contribution in [-0.4, -0.2) is 127 Å². The van der Waals surface area contributed by atoms with Crippen molar-refractivity contribution in [2.45, 2.75) is 104 Å². The maximum Gasteiger partial charge on any atom is 0.319 e. The number of ether oxygens (including phenoxy) is 4. The zero-order chi connectivity index (χ0) is 33.3. The van der Waals surface area contributed by atoms with Gasteiger partial charge in [0.1, 0.15) is 12.0 Å². The Bertz CT molecular complexity index is 1150. The van der Waals surface area contributed by atoms with Gasteiger partial charge in [-0.15, -0.1) is 0 Å². The minimum absolute atomic E-state index is 0.0213. The molecule has 11 heteroatoms. The summed E-state index contributed by atoms with van der Waals surface area (Å²) in [7, 11) is 9.89. The van der Waals surface area contributed by atoms with E-state index in [9.17, 15) is 9.59 Å². The van der Waals surface area contributed by atoms with Gasteiger partial charge < -0.3 is 23.8 Å². The maximum absolute atomic E-state index is 14.2. The molecule has 0 saturated carbocycles. The molecule has 1 aromatic rings. The quantitative estimate of drug-likeness (QED) is 0.329. The number of hydrogen-bond acceptors (Lipinski definition) is 10. The molecule has 4 rings (SSSR count). The molecule has 3 saturated heterocycles. The summed E-state index contributed by atoms with van der Waals surface area (Å²) in [6.45, 7) is 15.2. The van der Waals surface area contributed by atoms with Gasteiger partial charge in [0.05, 0.1) is 23.5 Å². The molecule has 8 atom stereocenters. The number of carbonyl (C=O) groups excluding carboxylic acids is 2. The lowest BCUT2D eigenvalue weighted by Gasteiger charge is -2.47. The van der Waals surface area contributed by atoms with Crippen LogP contribution in [0.2, 0.25) is 0 Å². The van der Waals surface area contributed by atoms with Crippen molar-refractivity contribution in [2.24, 2.45) is 30.2 Å². The molecule has 45 heavy (non-hydrogen) atoms. The second-order valence-corrected chi connectivity index (χ2v) is 15.2. The third-order valence-corrected chi connectivity index (χ3v) is 10.5. The van der Waals surface area contributed by atoms with E-state index in [1.165, 1.54) is 0 Å². The molecule has 0 spiro atoms. The van der Waals surface area contributed by atoms with E-state index in [4.69, 9.17) is 18.9 Å². The zero-order valence-corrected chi connectivity index (χ0v) is 29.6. The van der Waals surface area contributed by atoms with Gasteiger partial charge in [0.15, 0.2) is 12.1 Å². The van der Waals surface area contributed by atoms with E-state index in [-0.39, 0.29) is 30.5 Å². The first-order chi connectivity index (χ1) is 21.0. The molecule has 1 aromatic heterocycles. The van der Waals surface area contributed by atoms with E-state index in [1.807, 2.05) is 37.8 Å². The fraction of sp³-hybridized carbons (Fsp3) is 0.853. The van der Waals surface area contributed by atoms with E-state index in [0.29, 0.717) is 24.8 Å². The van der Waals surface area contributed by atoms with Crippen molar-refractivity contribution in [1.29, 1.82) is 0 Å². The summed E-state index contributed by atoms with van der Waals surface area (Å²) in [4.78, 5) is 34.8. The summed E-state index contributed by atoms with van der Waals surface area (Å²) in [5, 5.41) is 4.52. The summed E-state index contributed by atoms with van der Waals surface area (Å²) in [5.41, 5.74) is -1.10. The van der Waals surface area contributed by atoms with Gasteiger partial charge in [-0.3, -0.25) is 24.1 Å². The smallest absolute Gasteiger partial charge is 0.319 e. The lowest BCUT2D eigenvalue weighted by atomic mass is 9.74. The van der Waals surface area contributed by atoms with Crippen LogP contribution in [0.15, 0.2) is 12.3 Å². The van der Waals surface area contributed by atoms with Crippen LogP contribution in [0.3, 0.4) is 0 Å². The first-order valence-corrected chi connectivity index (χ1v) is 16.7.